The van der Waals surface area contributed by atoms with Crippen LogP contribution in [0.25, 0.3) is 0 Å². The lowest BCUT2D eigenvalue weighted by Crippen LogP contribution is -2.41. The Morgan fingerprint density at radius 2 is 1.87 bits per heavy atom. The van der Waals surface area contributed by atoms with Crippen LogP contribution in [0.15, 0.2) is 65.2 Å². The van der Waals surface area contributed by atoms with E-state index in [2.05, 4.69) is 10.5 Å². The number of aromatic nitrogens is 1. The van der Waals surface area contributed by atoms with Crippen LogP contribution in [0.4, 0.5) is 5.82 Å². The summed E-state index contributed by atoms with van der Waals surface area (Å²) in [6, 6.07) is 18.8. The number of carbonyl (C=O) groups is 2. The third-order valence-electron chi connectivity index (χ3n) is 5.36. The van der Waals surface area contributed by atoms with Gasteiger partial charge in [0.2, 0.25) is 5.91 Å². The molecule has 2 heterocycles. The summed E-state index contributed by atoms with van der Waals surface area (Å²) in [4.78, 5) is 27.2. The minimum Gasteiger partial charge on any atom is -0.489 e. The zero-order valence-electron chi connectivity index (χ0n) is 17.4. The van der Waals surface area contributed by atoms with E-state index in [0.29, 0.717) is 55.4 Å². The van der Waals surface area contributed by atoms with Gasteiger partial charge in [-0.3, -0.25) is 9.59 Å². The zero-order chi connectivity index (χ0) is 21.6. The average Bonchev–Trinajstić information content (AvgIpc) is 3.22. The molecule has 7 nitrogen and oxygen atoms in total. The van der Waals surface area contributed by atoms with Crippen LogP contribution in [0.5, 0.6) is 5.75 Å². The van der Waals surface area contributed by atoms with Crippen LogP contribution < -0.4 is 10.1 Å². The fourth-order valence-electron chi connectivity index (χ4n) is 3.64. The first-order valence-corrected chi connectivity index (χ1v) is 10.4. The quantitative estimate of drug-likeness (QED) is 0.652. The molecule has 1 aliphatic heterocycles. The topological polar surface area (TPSA) is 84.7 Å². The molecule has 7 heteroatoms. The van der Waals surface area contributed by atoms with E-state index in [-0.39, 0.29) is 17.7 Å². The number of rotatable bonds is 6. The van der Waals surface area contributed by atoms with Crippen LogP contribution in [0, 0.1) is 12.8 Å². The number of carbonyl (C=O) groups excluding carboxylic acids is 2. The highest BCUT2D eigenvalue weighted by atomic mass is 16.5. The lowest BCUT2D eigenvalue weighted by atomic mass is 9.95. The highest BCUT2D eigenvalue weighted by molar-refractivity contribution is 5.95. The number of piperidine rings is 1. The van der Waals surface area contributed by atoms with Gasteiger partial charge in [-0.15, -0.1) is 0 Å². The van der Waals surface area contributed by atoms with Gasteiger partial charge in [-0.05, 0) is 43.5 Å². The van der Waals surface area contributed by atoms with Crippen molar-refractivity contribution < 1.29 is 18.8 Å². The van der Waals surface area contributed by atoms with E-state index >= 15 is 0 Å². The molecule has 1 fully saturated rings. The summed E-state index contributed by atoms with van der Waals surface area (Å²) in [5.74, 6) is 1.44. The second-order valence-electron chi connectivity index (χ2n) is 7.68. The number of hydrogen-bond donors (Lipinski definition) is 1. The summed E-state index contributed by atoms with van der Waals surface area (Å²) in [5.41, 5.74) is 1.66. The third-order valence-corrected chi connectivity index (χ3v) is 5.36. The second-order valence-corrected chi connectivity index (χ2v) is 7.68. The van der Waals surface area contributed by atoms with Gasteiger partial charge in [-0.25, -0.2) is 0 Å². The van der Waals surface area contributed by atoms with Crippen LogP contribution in [0.1, 0.15) is 34.5 Å². The fraction of sp³-hybridized carbons (Fsp3) is 0.292. The van der Waals surface area contributed by atoms with Crippen molar-refractivity contribution in [3.05, 3.63) is 77.6 Å². The van der Waals surface area contributed by atoms with Crippen LogP contribution in [0.3, 0.4) is 0 Å². The van der Waals surface area contributed by atoms with Crippen LogP contribution in [-0.4, -0.2) is 35.0 Å². The Morgan fingerprint density at radius 3 is 2.58 bits per heavy atom. The van der Waals surface area contributed by atoms with Gasteiger partial charge in [0.05, 0.1) is 0 Å². The Hall–Kier alpha value is -3.61. The van der Waals surface area contributed by atoms with Crippen molar-refractivity contribution in [2.24, 2.45) is 5.92 Å². The lowest BCUT2D eigenvalue weighted by Gasteiger charge is -2.31. The number of nitrogens with one attached hydrogen (secondary N) is 1. The van der Waals surface area contributed by atoms with Crippen molar-refractivity contribution in [3.8, 4) is 5.75 Å². The maximum Gasteiger partial charge on any atom is 0.253 e. The van der Waals surface area contributed by atoms with Crippen molar-refractivity contribution in [1.82, 2.24) is 10.1 Å². The van der Waals surface area contributed by atoms with Gasteiger partial charge in [0.25, 0.3) is 5.91 Å². The molecular weight excluding hydrogens is 394 g/mol. The molecule has 1 saturated heterocycles. The first-order chi connectivity index (χ1) is 15.1. The molecule has 160 valence electrons. The molecule has 0 unspecified atom stereocenters. The largest absolute Gasteiger partial charge is 0.489 e. The van der Waals surface area contributed by atoms with E-state index in [9.17, 15) is 9.59 Å². The molecule has 2 amide bonds. The Morgan fingerprint density at radius 1 is 1.10 bits per heavy atom. The molecule has 0 saturated carbocycles. The minimum absolute atomic E-state index is 0.0452. The molecule has 4 rings (SSSR count). The zero-order valence-corrected chi connectivity index (χ0v) is 17.4. The van der Waals surface area contributed by atoms with E-state index < -0.39 is 0 Å². The number of hydrogen-bond acceptors (Lipinski definition) is 5. The van der Waals surface area contributed by atoms with Crippen LogP contribution in [0.2, 0.25) is 0 Å². The molecular formula is C24H25N3O4. The van der Waals surface area contributed by atoms with E-state index in [4.69, 9.17) is 9.26 Å². The minimum atomic E-state index is -0.151. The first kappa shape index (κ1) is 20.7. The van der Waals surface area contributed by atoms with Gasteiger partial charge in [-0.2, -0.15) is 0 Å². The number of amides is 2. The fourth-order valence-corrected chi connectivity index (χ4v) is 3.64. The summed E-state index contributed by atoms with van der Waals surface area (Å²) in [7, 11) is 0. The third kappa shape index (κ3) is 5.31. The Labute approximate surface area is 181 Å². The molecule has 1 N–H and O–H groups in total. The van der Waals surface area contributed by atoms with Gasteiger partial charge in [0.15, 0.2) is 5.82 Å². The van der Waals surface area contributed by atoms with Crippen molar-refractivity contribution in [3.63, 3.8) is 0 Å². The summed E-state index contributed by atoms with van der Waals surface area (Å²) >= 11 is 0. The predicted octanol–water partition coefficient (Wildman–Crippen LogP) is 4.05. The molecule has 31 heavy (non-hydrogen) atoms. The van der Waals surface area contributed by atoms with Crippen LogP contribution in [-0.2, 0) is 11.4 Å². The Bertz CT molecular complexity index is 1040. The van der Waals surface area contributed by atoms with E-state index in [1.807, 2.05) is 42.5 Å². The van der Waals surface area contributed by atoms with Gasteiger partial charge in [0, 0.05) is 30.6 Å². The van der Waals surface area contributed by atoms with E-state index in [1.165, 1.54) is 0 Å². The van der Waals surface area contributed by atoms with Gasteiger partial charge in [-0.1, -0.05) is 41.6 Å². The van der Waals surface area contributed by atoms with E-state index in [0.717, 1.165) is 5.56 Å². The smallest absolute Gasteiger partial charge is 0.253 e. The summed E-state index contributed by atoms with van der Waals surface area (Å²) in [6.07, 6.45) is 1.22. The SMILES string of the molecule is Cc1cc(NC(=O)C2CCN(C(=O)c3cccc(OCc4ccccc4)c3)CC2)no1. The van der Waals surface area contributed by atoms with Gasteiger partial charge in [0.1, 0.15) is 18.1 Å². The molecule has 0 spiro atoms. The summed E-state index contributed by atoms with van der Waals surface area (Å²) < 4.78 is 10.8. The number of benzene rings is 2. The Kier molecular flexibility index (Phi) is 6.31. The molecule has 0 aliphatic carbocycles. The molecule has 1 aromatic heterocycles. The highest BCUT2D eigenvalue weighted by Gasteiger charge is 2.28. The maximum absolute atomic E-state index is 12.9. The number of ether oxygens (including phenoxy) is 1. The van der Waals surface area contributed by atoms with E-state index in [1.54, 1.807) is 30.0 Å². The molecule has 0 radical (unpaired) electrons. The summed E-state index contributed by atoms with van der Waals surface area (Å²) in [6.45, 7) is 3.28. The molecule has 1 aliphatic rings. The first-order valence-electron chi connectivity index (χ1n) is 10.4. The molecule has 3 aromatic rings. The van der Waals surface area contributed by atoms with Gasteiger partial charge < -0.3 is 19.5 Å². The molecule has 0 atom stereocenters. The Balaban J connectivity index is 1.30. The predicted molar refractivity (Wildman–Crippen MR) is 116 cm³/mol. The normalized spacial score (nSPS) is 14.3. The molecule has 2 aromatic carbocycles. The second kappa shape index (κ2) is 9.47. The maximum atomic E-state index is 12.9. The number of anilines is 1. The van der Waals surface area contributed by atoms with Crippen molar-refractivity contribution in [1.29, 1.82) is 0 Å². The van der Waals surface area contributed by atoms with Gasteiger partial charge >= 0.3 is 0 Å². The number of nitrogens with zero attached hydrogens (tertiary/aromatic N) is 2. The number of aryl methyl sites for hydroxylation is 1. The summed E-state index contributed by atoms with van der Waals surface area (Å²) in [5, 5.41) is 6.57. The monoisotopic (exact) mass is 419 g/mol. The van der Waals surface area contributed by atoms with Crippen molar-refractivity contribution in [2.75, 3.05) is 18.4 Å². The standard InChI is InChI=1S/C24H25N3O4/c1-17-14-22(26-31-17)25-23(28)19-10-12-27(13-11-19)24(29)20-8-5-9-21(15-20)30-16-18-6-3-2-4-7-18/h2-9,14-15,19H,10-13,16H2,1H3,(H,25,26,28). The highest BCUT2D eigenvalue weighted by Crippen LogP contribution is 2.23. The van der Waals surface area contributed by atoms with Crippen molar-refractivity contribution >= 4 is 17.6 Å². The molecule has 0 bridgehead atoms. The van der Waals surface area contributed by atoms with Crippen molar-refractivity contribution in [2.45, 2.75) is 26.4 Å². The average molecular weight is 419 g/mol. The lowest BCUT2D eigenvalue weighted by molar-refractivity contribution is -0.121. The van der Waals surface area contributed by atoms with Crippen LogP contribution >= 0.6 is 0 Å². The number of likely N-dealkylation sites (tertiary alicyclic amines) is 1.